The van der Waals surface area contributed by atoms with Gasteiger partial charge < -0.3 is 10.2 Å². The standard InChI is InChI=1S/C14H12ClFO2/c15-12-6-2-5-11(14(12)16)13(18)8-9-3-1-4-10(17)7-9/h1-7,13,17-18H,8H2. The molecule has 0 saturated heterocycles. The third kappa shape index (κ3) is 2.81. The molecule has 0 heterocycles. The molecular formula is C14H12ClFO2. The van der Waals surface area contributed by atoms with Crippen molar-refractivity contribution in [3.63, 3.8) is 0 Å². The summed E-state index contributed by atoms with van der Waals surface area (Å²) in [5.41, 5.74) is 0.882. The normalized spacial score (nSPS) is 12.4. The molecule has 0 spiro atoms. The summed E-state index contributed by atoms with van der Waals surface area (Å²) in [5.74, 6) is -0.488. The molecule has 2 N–H and O–H groups in total. The topological polar surface area (TPSA) is 40.5 Å². The van der Waals surface area contributed by atoms with Crippen molar-refractivity contribution in [1.29, 1.82) is 0 Å². The van der Waals surface area contributed by atoms with E-state index in [1.54, 1.807) is 18.2 Å². The first-order valence-electron chi connectivity index (χ1n) is 5.48. The monoisotopic (exact) mass is 266 g/mol. The lowest BCUT2D eigenvalue weighted by molar-refractivity contribution is 0.173. The SMILES string of the molecule is Oc1cccc(CC(O)c2cccc(Cl)c2F)c1. The quantitative estimate of drug-likeness (QED) is 0.893. The summed E-state index contributed by atoms with van der Waals surface area (Å²) in [7, 11) is 0. The van der Waals surface area contributed by atoms with E-state index in [2.05, 4.69) is 0 Å². The molecule has 0 aromatic heterocycles. The van der Waals surface area contributed by atoms with Gasteiger partial charge in [-0.25, -0.2) is 4.39 Å². The molecule has 0 saturated carbocycles. The maximum atomic E-state index is 13.7. The molecule has 0 radical (unpaired) electrons. The minimum absolute atomic E-state index is 0.0116. The summed E-state index contributed by atoms with van der Waals surface area (Å²) >= 11 is 5.66. The van der Waals surface area contributed by atoms with E-state index in [4.69, 9.17) is 11.6 Å². The number of aliphatic hydroxyl groups excluding tert-OH is 1. The van der Waals surface area contributed by atoms with Crippen molar-refractivity contribution in [2.24, 2.45) is 0 Å². The van der Waals surface area contributed by atoms with Crippen molar-refractivity contribution in [1.82, 2.24) is 0 Å². The minimum Gasteiger partial charge on any atom is -0.508 e. The second kappa shape index (κ2) is 5.38. The van der Waals surface area contributed by atoms with Crippen LogP contribution in [-0.4, -0.2) is 10.2 Å². The number of hydrogen-bond donors (Lipinski definition) is 2. The minimum atomic E-state index is -0.995. The third-order valence-electron chi connectivity index (χ3n) is 2.68. The van der Waals surface area contributed by atoms with Gasteiger partial charge in [0.05, 0.1) is 11.1 Å². The molecule has 2 aromatic carbocycles. The summed E-state index contributed by atoms with van der Waals surface area (Å²) in [6.07, 6.45) is -0.781. The van der Waals surface area contributed by atoms with Gasteiger partial charge in [-0.1, -0.05) is 35.9 Å². The number of rotatable bonds is 3. The number of aromatic hydroxyl groups is 1. The molecule has 0 bridgehead atoms. The molecular weight excluding hydrogens is 255 g/mol. The number of halogens is 2. The van der Waals surface area contributed by atoms with Gasteiger partial charge >= 0.3 is 0 Å². The smallest absolute Gasteiger partial charge is 0.147 e. The van der Waals surface area contributed by atoms with E-state index in [1.165, 1.54) is 24.3 Å². The Kier molecular flexibility index (Phi) is 3.84. The van der Waals surface area contributed by atoms with Crippen LogP contribution in [0.4, 0.5) is 4.39 Å². The molecule has 2 nitrogen and oxygen atoms in total. The van der Waals surface area contributed by atoms with Gasteiger partial charge in [-0.05, 0) is 23.8 Å². The van der Waals surface area contributed by atoms with Gasteiger partial charge in [0, 0.05) is 12.0 Å². The van der Waals surface area contributed by atoms with E-state index in [9.17, 15) is 14.6 Å². The Morgan fingerprint density at radius 3 is 2.61 bits per heavy atom. The van der Waals surface area contributed by atoms with E-state index < -0.39 is 11.9 Å². The lowest BCUT2D eigenvalue weighted by Crippen LogP contribution is -2.04. The summed E-state index contributed by atoms with van der Waals surface area (Å²) in [4.78, 5) is 0. The van der Waals surface area contributed by atoms with Crippen LogP contribution < -0.4 is 0 Å². The van der Waals surface area contributed by atoms with Crippen molar-refractivity contribution in [3.8, 4) is 5.75 Å². The molecule has 0 amide bonds. The maximum Gasteiger partial charge on any atom is 0.147 e. The predicted molar refractivity (Wildman–Crippen MR) is 68.2 cm³/mol. The van der Waals surface area contributed by atoms with Crippen molar-refractivity contribution in [3.05, 3.63) is 64.4 Å². The Morgan fingerprint density at radius 1 is 1.17 bits per heavy atom. The van der Waals surface area contributed by atoms with Crippen molar-refractivity contribution < 1.29 is 14.6 Å². The first kappa shape index (κ1) is 12.9. The Balaban J connectivity index is 2.22. The molecule has 2 aromatic rings. The first-order valence-corrected chi connectivity index (χ1v) is 5.85. The highest BCUT2D eigenvalue weighted by molar-refractivity contribution is 6.30. The van der Waals surface area contributed by atoms with E-state index in [0.29, 0.717) is 0 Å². The fourth-order valence-corrected chi connectivity index (χ4v) is 1.98. The molecule has 2 rings (SSSR count). The van der Waals surface area contributed by atoms with Crippen molar-refractivity contribution >= 4 is 11.6 Å². The number of hydrogen-bond acceptors (Lipinski definition) is 2. The lowest BCUT2D eigenvalue weighted by Gasteiger charge is -2.12. The van der Waals surface area contributed by atoms with Crippen molar-refractivity contribution in [2.75, 3.05) is 0 Å². The highest BCUT2D eigenvalue weighted by atomic mass is 35.5. The van der Waals surface area contributed by atoms with E-state index in [0.717, 1.165) is 5.56 Å². The second-order valence-corrected chi connectivity index (χ2v) is 4.44. The molecule has 0 aliphatic rings. The van der Waals surface area contributed by atoms with Gasteiger partial charge in [-0.15, -0.1) is 0 Å². The average Bonchev–Trinajstić information content (AvgIpc) is 2.32. The van der Waals surface area contributed by atoms with Gasteiger partial charge in [0.2, 0.25) is 0 Å². The number of phenols is 1. The Bertz CT molecular complexity index is 557. The van der Waals surface area contributed by atoms with Crippen molar-refractivity contribution in [2.45, 2.75) is 12.5 Å². The molecule has 0 fully saturated rings. The van der Waals surface area contributed by atoms with Gasteiger partial charge in [0.25, 0.3) is 0 Å². The lowest BCUT2D eigenvalue weighted by atomic mass is 10.0. The largest absolute Gasteiger partial charge is 0.508 e. The number of benzene rings is 2. The highest BCUT2D eigenvalue weighted by Gasteiger charge is 2.15. The molecule has 18 heavy (non-hydrogen) atoms. The summed E-state index contributed by atoms with van der Waals surface area (Å²) < 4.78 is 13.7. The Labute approximate surface area is 109 Å². The van der Waals surface area contributed by atoms with E-state index in [-0.39, 0.29) is 22.8 Å². The molecule has 94 valence electrons. The van der Waals surface area contributed by atoms with Gasteiger partial charge in [0.15, 0.2) is 0 Å². The Morgan fingerprint density at radius 2 is 1.89 bits per heavy atom. The highest BCUT2D eigenvalue weighted by Crippen LogP contribution is 2.26. The fraction of sp³-hybridized carbons (Fsp3) is 0.143. The number of phenolic OH excluding ortho intramolecular Hbond substituents is 1. The van der Waals surface area contributed by atoms with Gasteiger partial charge in [0.1, 0.15) is 11.6 Å². The number of aliphatic hydroxyl groups is 1. The zero-order valence-electron chi connectivity index (χ0n) is 9.48. The van der Waals surface area contributed by atoms with E-state index in [1.807, 2.05) is 0 Å². The Hall–Kier alpha value is -1.58. The maximum absolute atomic E-state index is 13.7. The molecule has 1 atom stereocenters. The zero-order valence-corrected chi connectivity index (χ0v) is 10.2. The van der Waals surface area contributed by atoms with Crippen LogP contribution in [0, 0.1) is 5.82 Å². The van der Waals surface area contributed by atoms with Gasteiger partial charge in [-0.3, -0.25) is 0 Å². The van der Waals surface area contributed by atoms with Crippen LogP contribution in [0.1, 0.15) is 17.2 Å². The van der Waals surface area contributed by atoms with Crippen LogP contribution >= 0.6 is 11.6 Å². The van der Waals surface area contributed by atoms with Crippen LogP contribution in [-0.2, 0) is 6.42 Å². The third-order valence-corrected chi connectivity index (χ3v) is 2.97. The van der Waals surface area contributed by atoms with Crippen LogP contribution in [0.2, 0.25) is 5.02 Å². The van der Waals surface area contributed by atoms with Crippen LogP contribution in [0.3, 0.4) is 0 Å². The summed E-state index contributed by atoms with van der Waals surface area (Å²) in [5, 5.41) is 19.3. The molecule has 0 aliphatic heterocycles. The van der Waals surface area contributed by atoms with E-state index >= 15 is 0 Å². The molecule has 1 unspecified atom stereocenters. The van der Waals surface area contributed by atoms with Crippen LogP contribution in [0.25, 0.3) is 0 Å². The van der Waals surface area contributed by atoms with Gasteiger partial charge in [-0.2, -0.15) is 0 Å². The van der Waals surface area contributed by atoms with Crippen LogP contribution in [0.5, 0.6) is 5.75 Å². The molecule has 4 heteroatoms. The second-order valence-electron chi connectivity index (χ2n) is 4.03. The predicted octanol–water partition coefficient (Wildman–Crippen LogP) is 3.46. The first-order chi connectivity index (χ1) is 8.58. The average molecular weight is 267 g/mol. The zero-order chi connectivity index (χ0) is 13.1. The summed E-state index contributed by atoms with van der Waals surface area (Å²) in [6.45, 7) is 0. The fourth-order valence-electron chi connectivity index (χ4n) is 1.79. The summed E-state index contributed by atoms with van der Waals surface area (Å²) in [6, 6.07) is 11.0. The molecule has 0 aliphatic carbocycles. The van der Waals surface area contributed by atoms with Crippen LogP contribution in [0.15, 0.2) is 42.5 Å².